The molecule has 0 amide bonds. The highest BCUT2D eigenvalue weighted by atomic mass is 16.5. The number of rotatable bonds is 2. The van der Waals surface area contributed by atoms with Gasteiger partial charge in [0.2, 0.25) is 0 Å². The number of carbonyl (C=O) groups is 1. The molecule has 1 aliphatic heterocycles. The molecule has 0 aromatic heterocycles. The topological polar surface area (TPSA) is 46.5 Å². The molecular formula is C11H12O3. The maximum Gasteiger partial charge on any atom is 0.338 e. The van der Waals surface area contributed by atoms with Gasteiger partial charge >= 0.3 is 5.97 Å². The Morgan fingerprint density at radius 1 is 1.57 bits per heavy atom. The molecule has 0 spiro atoms. The van der Waals surface area contributed by atoms with E-state index in [2.05, 4.69) is 0 Å². The molecule has 1 N–H and O–H groups in total. The average Bonchev–Trinajstić information content (AvgIpc) is 2.59. The normalized spacial score (nSPS) is 16.3. The lowest BCUT2D eigenvalue weighted by Gasteiger charge is -2.08. The van der Waals surface area contributed by atoms with E-state index in [1.165, 1.54) is 0 Å². The summed E-state index contributed by atoms with van der Waals surface area (Å²) in [7, 11) is 0. The molecule has 0 saturated heterocycles. The Hall–Kier alpha value is -1.35. The van der Waals surface area contributed by atoms with Gasteiger partial charge in [-0.15, -0.1) is 0 Å². The number of hydrogen-bond acceptors (Lipinski definition) is 3. The van der Waals surface area contributed by atoms with Gasteiger partial charge in [-0.25, -0.2) is 4.79 Å². The number of esters is 1. The van der Waals surface area contributed by atoms with Crippen LogP contribution < -0.4 is 0 Å². The average molecular weight is 192 g/mol. The van der Waals surface area contributed by atoms with Gasteiger partial charge in [0.1, 0.15) is 6.61 Å². The monoisotopic (exact) mass is 192 g/mol. The van der Waals surface area contributed by atoms with Crippen LogP contribution in [0.5, 0.6) is 0 Å². The van der Waals surface area contributed by atoms with Gasteiger partial charge in [-0.3, -0.25) is 0 Å². The van der Waals surface area contributed by atoms with E-state index in [4.69, 9.17) is 9.84 Å². The first kappa shape index (κ1) is 9.21. The van der Waals surface area contributed by atoms with Crippen LogP contribution in [-0.4, -0.2) is 17.7 Å². The Morgan fingerprint density at radius 3 is 3.07 bits per heavy atom. The number of carbonyl (C=O) groups excluding carboxylic acids is 1. The van der Waals surface area contributed by atoms with E-state index in [0.29, 0.717) is 12.2 Å². The van der Waals surface area contributed by atoms with Crippen LogP contribution in [0.2, 0.25) is 0 Å². The zero-order chi connectivity index (χ0) is 10.1. The summed E-state index contributed by atoms with van der Waals surface area (Å²) < 4.78 is 4.89. The third-order valence-corrected chi connectivity index (χ3v) is 2.55. The standard InChI is InChI=1S/C11H12O3/c1-7(5-12)8-2-3-10-9(4-8)6-14-11(10)13/h2-4,7,12H,5-6H2,1H3/t7-/m0/s1. The molecule has 0 fully saturated rings. The second-order valence-corrected chi connectivity index (χ2v) is 3.58. The number of fused-ring (bicyclic) bond motifs is 1. The van der Waals surface area contributed by atoms with Crippen molar-refractivity contribution >= 4 is 5.97 Å². The summed E-state index contributed by atoms with van der Waals surface area (Å²) in [6.07, 6.45) is 0. The van der Waals surface area contributed by atoms with Crippen molar-refractivity contribution in [2.24, 2.45) is 0 Å². The van der Waals surface area contributed by atoms with Crippen LogP contribution in [0.1, 0.15) is 34.3 Å². The van der Waals surface area contributed by atoms with Crippen LogP contribution in [0.4, 0.5) is 0 Å². The molecule has 3 heteroatoms. The third-order valence-electron chi connectivity index (χ3n) is 2.55. The van der Waals surface area contributed by atoms with Gasteiger partial charge in [-0.05, 0) is 11.6 Å². The molecule has 0 saturated carbocycles. The fourth-order valence-corrected chi connectivity index (χ4v) is 1.57. The molecule has 1 aromatic carbocycles. The zero-order valence-electron chi connectivity index (χ0n) is 7.99. The van der Waals surface area contributed by atoms with Crippen molar-refractivity contribution in [2.45, 2.75) is 19.4 Å². The van der Waals surface area contributed by atoms with Crippen LogP contribution in [0, 0.1) is 0 Å². The molecule has 1 atom stereocenters. The first-order valence-electron chi connectivity index (χ1n) is 4.63. The largest absolute Gasteiger partial charge is 0.457 e. The summed E-state index contributed by atoms with van der Waals surface area (Å²) >= 11 is 0. The second-order valence-electron chi connectivity index (χ2n) is 3.58. The summed E-state index contributed by atoms with van der Waals surface area (Å²) in [5.74, 6) is -0.140. The van der Waals surface area contributed by atoms with Gasteiger partial charge in [0.05, 0.1) is 5.56 Å². The fourth-order valence-electron chi connectivity index (χ4n) is 1.57. The second kappa shape index (κ2) is 3.42. The summed E-state index contributed by atoms with van der Waals surface area (Å²) in [5.41, 5.74) is 2.62. The van der Waals surface area contributed by atoms with Gasteiger partial charge in [0.25, 0.3) is 0 Å². The minimum absolute atomic E-state index is 0.107. The maximum absolute atomic E-state index is 11.1. The minimum Gasteiger partial charge on any atom is -0.457 e. The maximum atomic E-state index is 11.1. The quantitative estimate of drug-likeness (QED) is 0.721. The Bertz CT molecular complexity index is 371. The number of benzene rings is 1. The fraction of sp³-hybridized carbons (Fsp3) is 0.364. The molecule has 0 radical (unpaired) electrons. The van der Waals surface area contributed by atoms with Crippen LogP contribution in [0.15, 0.2) is 18.2 Å². The Kier molecular flexibility index (Phi) is 2.25. The molecular weight excluding hydrogens is 180 g/mol. The molecule has 3 nitrogen and oxygen atoms in total. The van der Waals surface area contributed by atoms with Crippen molar-refractivity contribution in [1.29, 1.82) is 0 Å². The van der Waals surface area contributed by atoms with Crippen LogP contribution in [0.3, 0.4) is 0 Å². The molecule has 1 aromatic rings. The van der Waals surface area contributed by atoms with Gasteiger partial charge < -0.3 is 9.84 Å². The summed E-state index contributed by atoms with van der Waals surface area (Å²) in [6.45, 7) is 2.42. The van der Waals surface area contributed by atoms with E-state index in [-0.39, 0.29) is 18.5 Å². The van der Waals surface area contributed by atoms with Gasteiger partial charge in [0.15, 0.2) is 0 Å². The van der Waals surface area contributed by atoms with Crippen molar-refractivity contribution in [3.8, 4) is 0 Å². The van der Waals surface area contributed by atoms with Gasteiger partial charge in [-0.1, -0.05) is 19.1 Å². The van der Waals surface area contributed by atoms with E-state index in [1.54, 1.807) is 6.07 Å². The highest BCUT2D eigenvalue weighted by molar-refractivity contribution is 5.93. The Balaban J connectivity index is 2.37. The Morgan fingerprint density at radius 2 is 2.36 bits per heavy atom. The van der Waals surface area contributed by atoms with Crippen LogP contribution in [-0.2, 0) is 11.3 Å². The van der Waals surface area contributed by atoms with Crippen molar-refractivity contribution in [3.63, 3.8) is 0 Å². The lowest BCUT2D eigenvalue weighted by Crippen LogP contribution is -2.00. The molecule has 1 heterocycles. The summed E-state index contributed by atoms with van der Waals surface area (Å²) in [6, 6.07) is 5.57. The van der Waals surface area contributed by atoms with E-state index >= 15 is 0 Å². The van der Waals surface area contributed by atoms with Gasteiger partial charge in [-0.2, -0.15) is 0 Å². The number of cyclic esters (lactones) is 1. The van der Waals surface area contributed by atoms with Crippen LogP contribution in [0.25, 0.3) is 0 Å². The molecule has 0 bridgehead atoms. The predicted molar refractivity (Wildman–Crippen MR) is 51.1 cm³/mol. The van der Waals surface area contributed by atoms with Crippen LogP contribution >= 0.6 is 0 Å². The van der Waals surface area contributed by atoms with E-state index in [1.807, 2.05) is 19.1 Å². The van der Waals surface area contributed by atoms with Crippen molar-refractivity contribution in [3.05, 3.63) is 34.9 Å². The molecule has 1 aliphatic rings. The highest BCUT2D eigenvalue weighted by Crippen LogP contribution is 2.24. The molecule has 2 rings (SSSR count). The smallest absolute Gasteiger partial charge is 0.338 e. The third kappa shape index (κ3) is 1.40. The molecule has 74 valence electrons. The lowest BCUT2D eigenvalue weighted by atomic mass is 9.98. The zero-order valence-corrected chi connectivity index (χ0v) is 7.99. The van der Waals surface area contributed by atoms with E-state index in [9.17, 15) is 4.79 Å². The first-order chi connectivity index (χ1) is 6.72. The summed E-state index contributed by atoms with van der Waals surface area (Å²) in [4.78, 5) is 11.1. The number of hydrogen-bond donors (Lipinski definition) is 1. The Labute approximate surface area is 82.3 Å². The lowest BCUT2D eigenvalue weighted by molar-refractivity contribution is 0.0535. The molecule has 14 heavy (non-hydrogen) atoms. The molecule has 0 aliphatic carbocycles. The highest BCUT2D eigenvalue weighted by Gasteiger charge is 2.21. The number of aliphatic hydroxyl groups is 1. The first-order valence-corrected chi connectivity index (χ1v) is 4.63. The predicted octanol–water partition coefficient (Wildman–Crippen LogP) is 1.45. The molecule has 0 unspecified atom stereocenters. The van der Waals surface area contributed by atoms with E-state index < -0.39 is 0 Å². The minimum atomic E-state index is -0.247. The van der Waals surface area contributed by atoms with Crippen molar-refractivity contribution in [1.82, 2.24) is 0 Å². The van der Waals surface area contributed by atoms with Crippen molar-refractivity contribution < 1.29 is 14.6 Å². The van der Waals surface area contributed by atoms with Crippen molar-refractivity contribution in [2.75, 3.05) is 6.61 Å². The van der Waals surface area contributed by atoms with E-state index in [0.717, 1.165) is 11.1 Å². The number of aliphatic hydroxyl groups excluding tert-OH is 1. The number of ether oxygens (including phenoxy) is 1. The SMILES string of the molecule is C[C@@H](CO)c1ccc2c(c1)COC2=O. The summed E-state index contributed by atoms with van der Waals surface area (Å²) in [5, 5.41) is 8.99. The van der Waals surface area contributed by atoms with Gasteiger partial charge in [0, 0.05) is 18.1 Å².